The van der Waals surface area contributed by atoms with Crippen molar-refractivity contribution in [2.75, 3.05) is 0 Å². The molecule has 1 aliphatic heterocycles. The van der Waals surface area contributed by atoms with E-state index in [0.29, 0.717) is 0 Å². The van der Waals surface area contributed by atoms with E-state index in [1.54, 1.807) is 6.07 Å². The molecule has 0 spiro atoms. The fraction of sp³-hybridized carbons (Fsp3) is 0.0556. The van der Waals surface area contributed by atoms with Gasteiger partial charge in [-0.25, -0.2) is 0 Å². The van der Waals surface area contributed by atoms with Gasteiger partial charge in [0, 0.05) is 29.6 Å². The van der Waals surface area contributed by atoms with E-state index in [2.05, 4.69) is 22.8 Å². The SMILES string of the molecule is Cn1c2cc(=O)c3ccccc3c-2cc2ccccc21. The first-order valence-corrected chi connectivity index (χ1v) is 6.66. The maximum absolute atomic E-state index is 12.3. The minimum Gasteiger partial charge on any atom is -0.344 e. The Morgan fingerprint density at radius 3 is 2.40 bits per heavy atom. The quantitative estimate of drug-likeness (QED) is 0.348. The van der Waals surface area contributed by atoms with Gasteiger partial charge in [-0.1, -0.05) is 42.5 Å². The third kappa shape index (κ3) is 1.42. The van der Waals surface area contributed by atoms with Crippen molar-refractivity contribution >= 4 is 21.7 Å². The Labute approximate surface area is 116 Å². The molecule has 0 saturated heterocycles. The summed E-state index contributed by atoms with van der Waals surface area (Å²) in [5, 5.41) is 3.00. The first-order chi connectivity index (χ1) is 9.75. The molecule has 0 N–H and O–H groups in total. The zero-order chi connectivity index (χ0) is 13.7. The highest BCUT2D eigenvalue weighted by atomic mass is 16.1. The van der Waals surface area contributed by atoms with Crippen molar-refractivity contribution in [2.24, 2.45) is 7.05 Å². The summed E-state index contributed by atoms with van der Waals surface area (Å²) >= 11 is 0. The number of para-hydroxylation sites is 1. The summed E-state index contributed by atoms with van der Waals surface area (Å²) in [5.74, 6) is 0. The number of pyridine rings is 1. The Kier molecular flexibility index (Phi) is 2.21. The van der Waals surface area contributed by atoms with Gasteiger partial charge in [0.25, 0.3) is 0 Å². The van der Waals surface area contributed by atoms with E-state index in [4.69, 9.17) is 0 Å². The molecule has 0 radical (unpaired) electrons. The van der Waals surface area contributed by atoms with E-state index in [9.17, 15) is 4.79 Å². The molecule has 0 bridgehead atoms. The molecule has 1 aliphatic carbocycles. The van der Waals surface area contributed by atoms with Gasteiger partial charge in [0.2, 0.25) is 0 Å². The molecule has 1 heterocycles. The van der Waals surface area contributed by atoms with Crippen LogP contribution in [-0.2, 0) is 7.05 Å². The molecule has 0 unspecified atom stereocenters. The topological polar surface area (TPSA) is 22.0 Å². The minimum atomic E-state index is 0.0824. The molecule has 0 saturated carbocycles. The van der Waals surface area contributed by atoms with Crippen LogP contribution in [0.1, 0.15) is 0 Å². The van der Waals surface area contributed by atoms with Crippen molar-refractivity contribution in [3.8, 4) is 11.3 Å². The largest absolute Gasteiger partial charge is 0.344 e. The number of hydrogen-bond acceptors (Lipinski definition) is 1. The maximum Gasteiger partial charge on any atom is 0.188 e. The van der Waals surface area contributed by atoms with E-state index in [0.717, 1.165) is 27.5 Å². The summed E-state index contributed by atoms with van der Waals surface area (Å²) in [6.45, 7) is 0. The number of benzene rings is 3. The van der Waals surface area contributed by atoms with Crippen LogP contribution in [0.15, 0.2) is 65.5 Å². The van der Waals surface area contributed by atoms with Crippen molar-refractivity contribution in [2.45, 2.75) is 0 Å². The summed E-state index contributed by atoms with van der Waals surface area (Å²) in [6.07, 6.45) is 0. The van der Waals surface area contributed by atoms with Gasteiger partial charge in [-0.05, 0) is 22.9 Å². The van der Waals surface area contributed by atoms with E-state index in [-0.39, 0.29) is 5.43 Å². The third-order valence-corrected chi connectivity index (χ3v) is 3.99. The average molecular weight is 259 g/mol. The average Bonchev–Trinajstić information content (AvgIpc) is 2.49. The van der Waals surface area contributed by atoms with E-state index >= 15 is 0 Å². The zero-order valence-electron chi connectivity index (χ0n) is 11.1. The number of aromatic nitrogens is 1. The van der Waals surface area contributed by atoms with Crippen LogP contribution < -0.4 is 5.43 Å². The molecular formula is C18H13NO. The van der Waals surface area contributed by atoms with Gasteiger partial charge in [-0.15, -0.1) is 0 Å². The van der Waals surface area contributed by atoms with Crippen LogP contribution in [0.5, 0.6) is 0 Å². The maximum atomic E-state index is 12.3. The first kappa shape index (κ1) is 11.2. The van der Waals surface area contributed by atoms with Crippen LogP contribution in [0.2, 0.25) is 0 Å². The second kappa shape index (κ2) is 3.94. The van der Waals surface area contributed by atoms with Crippen LogP contribution in [0.4, 0.5) is 0 Å². The highest BCUT2D eigenvalue weighted by Crippen LogP contribution is 2.31. The van der Waals surface area contributed by atoms with Crippen molar-refractivity contribution in [3.05, 3.63) is 70.9 Å². The Bertz CT molecular complexity index is 981. The van der Waals surface area contributed by atoms with Crippen molar-refractivity contribution in [1.82, 2.24) is 4.57 Å². The first-order valence-electron chi connectivity index (χ1n) is 6.66. The van der Waals surface area contributed by atoms with Crippen LogP contribution in [0.25, 0.3) is 32.9 Å². The van der Waals surface area contributed by atoms with Crippen LogP contribution in [0, 0.1) is 0 Å². The molecule has 20 heavy (non-hydrogen) atoms. The molecule has 0 aromatic heterocycles. The molecule has 4 rings (SSSR count). The Hall–Kier alpha value is -2.61. The lowest BCUT2D eigenvalue weighted by Gasteiger charge is -2.17. The second-order valence-electron chi connectivity index (χ2n) is 5.12. The molecule has 2 nitrogen and oxygen atoms in total. The fourth-order valence-electron chi connectivity index (χ4n) is 2.98. The van der Waals surface area contributed by atoms with Crippen LogP contribution >= 0.6 is 0 Å². The number of aryl methyl sites for hydroxylation is 1. The predicted molar refractivity (Wildman–Crippen MR) is 83.3 cm³/mol. The summed E-state index contributed by atoms with van der Waals surface area (Å²) in [7, 11) is 2.01. The van der Waals surface area contributed by atoms with Gasteiger partial charge in [-0.2, -0.15) is 0 Å². The molecule has 2 aliphatic rings. The molecule has 2 aromatic carbocycles. The highest BCUT2D eigenvalue weighted by molar-refractivity contribution is 6.01. The van der Waals surface area contributed by atoms with Gasteiger partial charge in [0.05, 0.1) is 5.69 Å². The van der Waals surface area contributed by atoms with E-state index in [1.165, 1.54) is 5.39 Å². The van der Waals surface area contributed by atoms with Crippen molar-refractivity contribution < 1.29 is 0 Å². The summed E-state index contributed by atoms with van der Waals surface area (Å²) < 4.78 is 2.10. The fourth-order valence-corrected chi connectivity index (χ4v) is 2.98. The van der Waals surface area contributed by atoms with E-state index < -0.39 is 0 Å². The van der Waals surface area contributed by atoms with Crippen molar-refractivity contribution in [1.29, 1.82) is 0 Å². The van der Waals surface area contributed by atoms with Gasteiger partial charge >= 0.3 is 0 Å². The lowest BCUT2D eigenvalue weighted by molar-refractivity contribution is 0.962. The molecule has 96 valence electrons. The Morgan fingerprint density at radius 1 is 0.850 bits per heavy atom. The van der Waals surface area contributed by atoms with Gasteiger partial charge in [0.15, 0.2) is 5.43 Å². The lowest BCUT2D eigenvalue weighted by Crippen LogP contribution is -2.08. The summed E-state index contributed by atoms with van der Waals surface area (Å²) in [4.78, 5) is 12.3. The normalized spacial score (nSPS) is 11.4. The molecule has 2 aromatic rings. The number of fused-ring (bicyclic) bond motifs is 4. The zero-order valence-corrected chi connectivity index (χ0v) is 11.1. The lowest BCUT2D eigenvalue weighted by atomic mass is 9.97. The van der Waals surface area contributed by atoms with E-state index in [1.807, 2.05) is 43.4 Å². The predicted octanol–water partition coefficient (Wildman–Crippen LogP) is 3.80. The summed E-state index contributed by atoms with van der Waals surface area (Å²) in [5.41, 5.74) is 3.32. The molecule has 0 fully saturated rings. The van der Waals surface area contributed by atoms with Crippen LogP contribution in [0.3, 0.4) is 0 Å². The second-order valence-corrected chi connectivity index (χ2v) is 5.12. The van der Waals surface area contributed by atoms with Gasteiger partial charge in [0.1, 0.15) is 0 Å². The number of rotatable bonds is 0. The monoisotopic (exact) mass is 259 g/mol. The third-order valence-electron chi connectivity index (χ3n) is 3.99. The number of nitrogens with zero attached hydrogens (tertiary/aromatic N) is 1. The Balaban J connectivity index is 2.34. The van der Waals surface area contributed by atoms with Crippen LogP contribution in [-0.4, -0.2) is 4.57 Å². The van der Waals surface area contributed by atoms with Crippen molar-refractivity contribution in [3.63, 3.8) is 0 Å². The Morgan fingerprint density at radius 2 is 1.55 bits per heavy atom. The number of hydrogen-bond donors (Lipinski definition) is 0. The smallest absolute Gasteiger partial charge is 0.188 e. The van der Waals surface area contributed by atoms with Gasteiger partial charge < -0.3 is 4.57 Å². The molecule has 0 amide bonds. The minimum absolute atomic E-state index is 0.0824. The van der Waals surface area contributed by atoms with Gasteiger partial charge in [-0.3, -0.25) is 4.79 Å². The molecule has 0 atom stereocenters. The highest BCUT2D eigenvalue weighted by Gasteiger charge is 2.13. The summed E-state index contributed by atoms with van der Waals surface area (Å²) in [6, 6.07) is 20.0. The molecular weight excluding hydrogens is 246 g/mol. The molecule has 2 heteroatoms. The standard InChI is InChI=1S/C18H13NO/c1-19-16-9-5-2-6-12(16)10-15-13-7-3-4-8-14(13)18(20)11-17(15)19/h2-11H,1H3.